The molecule has 0 fully saturated rings. The van der Waals surface area contributed by atoms with Crippen LogP contribution in [0.3, 0.4) is 0 Å². The van der Waals surface area contributed by atoms with Crippen molar-refractivity contribution in [2.45, 2.75) is 13.8 Å². The monoisotopic (exact) mass is 431 g/mol. The molecule has 0 unspecified atom stereocenters. The van der Waals surface area contributed by atoms with Gasteiger partial charge in [0.2, 0.25) is 0 Å². The van der Waals surface area contributed by atoms with E-state index < -0.39 is 7.60 Å². The van der Waals surface area contributed by atoms with Crippen LogP contribution in [0.25, 0.3) is 28.1 Å². The Kier molecular flexibility index (Phi) is 6.53. The zero-order chi connectivity index (χ0) is 21.7. The van der Waals surface area contributed by atoms with Crippen molar-refractivity contribution < 1.29 is 13.6 Å². The van der Waals surface area contributed by atoms with E-state index in [2.05, 4.69) is 18.2 Å². The highest BCUT2D eigenvalue weighted by Crippen LogP contribution is 2.51. The van der Waals surface area contributed by atoms with Crippen LogP contribution in [0.1, 0.15) is 13.8 Å². The number of para-hydroxylation sites is 1. The molecule has 4 aromatic rings. The van der Waals surface area contributed by atoms with Crippen LogP contribution < -0.4 is 5.44 Å². The topological polar surface area (TPSA) is 40.5 Å². The first kappa shape index (κ1) is 21.3. The summed E-state index contributed by atoms with van der Waals surface area (Å²) in [5.41, 5.74) is 5.21. The molecule has 31 heavy (non-hydrogen) atoms. The van der Waals surface area contributed by atoms with Crippen molar-refractivity contribution in [3.05, 3.63) is 97.1 Å². The van der Waals surface area contributed by atoms with Gasteiger partial charge in [-0.1, -0.05) is 78.9 Å². The van der Waals surface area contributed by atoms with Crippen molar-refractivity contribution in [3.8, 4) is 28.1 Å². The van der Waals surface area contributed by atoms with E-state index in [1.807, 2.05) is 97.3 Å². The minimum absolute atomic E-state index is 0.284. The lowest BCUT2D eigenvalue weighted by Gasteiger charge is -2.22. The van der Waals surface area contributed by atoms with E-state index >= 15 is 0 Å². The molecule has 4 rings (SSSR count). The van der Waals surface area contributed by atoms with Gasteiger partial charge in [0.15, 0.2) is 0 Å². The molecular weight excluding hydrogens is 405 g/mol. The lowest BCUT2D eigenvalue weighted by atomic mass is 10.1. The molecule has 1 heterocycles. The van der Waals surface area contributed by atoms with E-state index in [9.17, 15) is 4.57 Å². The maximum atomic E-state index is 14.2. The number of nitrogens with zero attached hydrogens (tertiary/aromatic N) is 1. The van der Waals surface area contributed by atoms with Gasteiger partial charge in [0.1, 0.15) is 5.44 Å². The molecule has 0 spiro atoms. The molecule has 0 radical (unpaired) electrons. The van der Waals surface area contributed by atoms with E-state index in [0.717, 1.165) is 28.1 Å². The first-order valence-electron chi connectivity index (χ1n) is 10.5. The Hall–Kier alpha value is -2.91. The van der Waals surface area contributed by atoms with Gasteiger partial charge in [-0.15, -0.1) is 0 Å². The van der Waals surface area contributed by atoms with Crippen LogP contribution in [0.4, 0.5) is 0 Å². The summed E-state index contributed by atoms with van der Waals surface area (Å²) in [6, 6.07) is 32.1. The Bertz CT molecular complexity index is 1160. The molecule has 0 saturated carbocycles. The average Bonchev–Trinajstić information content (AvgIpc) is 3.23. The average molecular weight is 431 g/mol. The van der Waals surface area contributed by atoms with Crippen molar-refractivity contribution in [3.63, 3.8) is 0 Å². The van der Waals surface area contributed by atoms with Gasteiger partial charge in [-0.05, 0) is 43.2 Å². The van der Waals surface area contributed by atoms with Crippen LogP contribution in [0.2, 0.25) is 0 Å². The Morgan fingerprint density at radius 1 is 0.710 bits per heavy atom. The summed E-state index contributed by atoms with van der Waals surface area (Å²) in [4.78, 5) is 0. The summed E-state index contributed by atoms with van der Waals surface area (Å²) in [5.74, 6) is 0. The van der Waals surface area contributed by atoms with Crippen LogP contribution in [0.5, 0.6) is 0 Å². The summed E-state index contributed by atoms with van der Waals surface area (Å²) in [7, 11) is -3.61. The van der Waals surface area contributed by atoms with Gasteiger partial charge in [0.25, 0.3) is 0 Å². The molecule has 0 bridgehead atoms. The van der Waals surface area contributed by atoms with Gasteiger partial charge < -0.3 is 13.6 Å². The normalized spacial score (nSPS) is 11.5. The molecule has 0 amide bonds. The molecule has 0 atom stereocenters. The number of rotatable bonds is 8. The molecule has 0 saturated heterocycles. The molecular formula is C26H26NO3P. The zero-order valence-corrected chi connectivity index (χ0v) is 18.7. The van der Waals surface area contributed by atoms with Gasteiger partial charge in [-0.25, -0.2) is 0 Å². The van der Waals surface area contributed by atoms with Crippen molar-refractivity contribution in [1.82, 2.24) is 4.57 Å². The fourth-order valence-corrected chi connectivity index (χ4v) is 5.72. The predicted molar refractivity (Wildman–Crippen MR) is 127 cm³/mol. The second kappa shape index (κ2) is 9.49. The quantitative estimate of drug-likeness (QED) is 0.291. The predicted octanol–water partition coefficient (Wildman–Crippen LogP) is 6.70. The number of benzene rings is 3. The molecule has 0 aliphatic carbocycles. The van der Waals surface area contributed by atoms with E-state index in [1.54, 1.807) is 0 Å². The SMILES string of the molecule is CCOP(=O)(OCC)c1c(-c2ccccc2)cc(-c2ccccc2)n1-c1ccccc1. The zero-order valence-electron chi connectivity index (χ0n) is 17.8. The Labute approximate surface area is 183 Å². The standard InChI is InChI=1S/C26H26NO3P/c1-3-29-31(28,30-4-2)26-24(21-14-8-5-9-15-21)20-25(22-16-10-6-11-17-22)27(26)23-18-12-7-13-19-23/h5-20H,3-4H2,1-2H3. The summed E-state index contributed by atoms with van der Waals surface area (Å²) < 4.78 is 27.9. The third kappa shape index (κ3) is 4.28. The Morgan fingerprint density at radius 3 is 1.71 bits per heavy atom. The molecule has 3 aromatic carbocycles. The maximum absolute atomic E-state index is 14.2. The molecule has 4 nitrogen and oxygen atoms in total. The lowest BCUT2D eigenvalue weighted by Crippen LogP contribution is -2.21. The van der Waals surface area contributed by atoms with Gasteiger partial charge in [-0.3, -0.25) is 4.57 Å². The highest BCUT2D eigenvalue weighted by atomic mass is 31.2. The fraction of sp³-hybridized carbons (Fsp3) is 0.154. The van der Waals surface area contributed by atoms with Crippen LogP contribution in [0.15, 0.2) is 97.1 Å². The van der Waals surface area contributed by atoms with Crippen molar-refractivity contribution >= 4 is 13.0 Å². The van der Waals surface area contributed by atoms with Gasteiger partial charge in [0, 0.05) is 11.3 Å². The Balaban J connectivity index is 2.11. The van der Waals surface area contributed by atoms with Crippen molar-refractivity contribution in [2.24, 2.45) is 0 Å². The smallest absolute Gasteiger partial charge is 0.304 e. The second-order valence-corrected chi connectivity index (χ2v) is 8.94. The van der Waals surface area contributed by atoms with Crippen molar-refractivity contribution in [2.75, 3.05) is 13.2 Å². The van der Waals surface area contributed by atoms with E-state index in [-0.39, 0.29) is 13.2 Å². The van der Waals surface area contributed by atoms with Gasteiger partial charge in [-0.2, -0.15) is 0 Å². The fourth-order valence-electron chi connectivity index (χ4n) is 3.76. The van der Waals surface area contributed by atoms with E-state index in [0.29, 0.717) is 5.44 Å². The lowest BCUT2D eigenvalue weighted by molar-refractivity contribution is 0.229. The largest absolute Gasteiger partial charge is 0.378 e. The third-order valence-electron chi connectivity index (χ3n) is 5.00. The highest BCUT2D eigenvalue weighted by Gasteiger charge is 2.36. The Morgan fingerprint density at radius 2 is 1.19 bits per heavy atom. The summed E-state index contributed by atoms with van der Waals surface area (Å²) in [5, 5.41) is 0. The number of hydrogen-bond acceptors (Lipinski definition) is 3. The van der Waals surface area contributed by atoms with E-state index in [1.165, 1.54) is 0 Å². The number of aromatic nitrogens is 1. The molecule has 158 valence electrons. The van der Waals surface area contributed by atoms with Gasteiger partial charge >= 0.3 is 7.60 Å². The summed E-state index contributed by atoms with van der Waals surface area (Å²) in [6.07, 6.45) is 0. The van der Waals surface area contributed by atoms with Crippen LogP contribution in [-0.4, -0.2) is 17.8 Å². The number of hydrogen-bond donors (Lipinski definition) is 0. The third-order valence-corrected chi connectivity index (χ3v) is 7.16. The van der Waals surface area contributed by atoms with E-state index in [4.69, 9.17) is 9.05 Å². The molecule has 0 aliphatic heterocycles. The molecule has 0 N–H and O–H groups in total. The minimum Gasteiger partial charge on any atom is -0.304 e. The van der Waals surface area contributed by atoms with Crippen molar-refractivity contribution in [1.29, 1.82) is 0 Å². The summed E-state index contributed by atoms with van der Waals surface area (Å²) in [6.45, 7) is 4.24. The molecule has 1 aromatic heterocycles. The van der Waals surface area contributed by atoms with Gasteiger partial charge in [0.05, 0.1) is 18.9 Å². The van der Waals surface area contributed by atoms with Crippen LogP contribution >= 0.6 is 7.60 Å². The first-order chi connectivity index (χ1) is 15.2. The first-order valence-corrected chi connectivity index (χ1v) is 12.0. The maximum Gasteiger partial charge on any atom is 0.378 e. The molecule has 5 heteroatoms. The van der Waals surface area contributed by atoms with Crippen LogP contribution in [0, 0.1) is 0 Å². The second-order valence-electron chi connectivity index (χ2n) is 7.00. The minimum atomic E-state index is -3.61. The highest BCUT2D eigenvalue weighted by molar-refractivity contribution is 7.62. The summed E-state index contributed by atoms with van der Waals surface area (Å²) >= 11 is 0. The molecule has 0 aliphatic rings. The van der Waals surface area contributed by atoms with Crippen LogP contribution in [-0.2, 0) is 13.6 Å².